The number of pyridine rings is 1. The standard InChI is InChI=1S/C23H18FN3O2S/c1-12-17(22(29)27-16-6-4-3-5-7-16)13(2)26-23-18(12)19(25)21(30-23)20(28)14-8-10-15(24)11-9-14/h3-11H,25H2,1-2H3,(H,27,29). The summed E-state index contributed by atoms with van der Waals surface area (Å²) in [4.78, 5) is 31.3. The first-order valence-corrected chi connectivity index (χ1v) is 10.0. The van der Waals surface area contributed by atoms with Crippen LogP contribution in [0, 0.1) is 19.7 Å². The summed E-state index contributed by atoms with van der Waals surface area (Å²) in [6.07, 6.45) is 0. The zero-order chi connectivity index (χ0) is 21.4. The van der Waals surface area contributed by atoms with E-state index >= 15 is 0 Å². The third kappa shape index (κ3) is 3.44. The molecule has 1 amide bonds. The predicted octanol–water partition coefficient (Wildman–Crippen LogP) is 5.12. The highest BCUT2D eigenvalue weighted by Gasteiger charge is 2.24. The number of nitrogens with zero attached hydrogens (tertiary/aromatic N) is 1. The van der Waals surface area contributed by atoms with E-state index in [2.05, 4.69) is 10.3 Å². The lowest BCUT2D eigenvalue weighted by Crippen LogP contribution is -2.16. The largest absolute Gasteiger partial charge is 0.397 e. The van der Waals surface area contributed by atoms with E-state index in [1.165, 1.54) is 35.6 Å². The van der Waals surface area contributed by atoms with Gasteiger partial charge in [0, 0.05) is 16.6 Å². The minimum absolute atomic E-state index is 0.281. The highest BCUT2D eigenvalue weighted by Crippen LogP contribution is 2.38. The molecule has 0 saturated heterocycles. The third-order valence-electron chi connectivity index (χ3n) is 4.88. The summed E-state index contributed by atoms with van der Waals surface area (Å²) in [7, 11) is 0. The van der Waals surface area contributed by atoms with Crippen LogP contribution in [0.25, 0.3) is 10.2 Å². The van der Waals surface area contributed by atoms with Crippen molar-refractivity contribution in [1.82, 2.24) is 4.98 Å². The van der Waals surface area contributed by atoms with Gasteiger partial charge in [-0.2, -0.15) is 0 Å². The molecule has 2 aromatic heterocycles. The van der Waals surface area contributed by atoms with Crippen LogP contribution in [0.3, 0.4) is 0 Å². The summed E-state index contributed by atoms with van der Waals surface area (Å²) < 4.78 is 13.2. The van der Waals surface area contributed by atoms with Crippen molar-refractivity contribution in [2.24, 2.45) is 0 Å². The Kier molecular flexibility index (Phi) is 5.05. The lowest BCUT2D eigenvalue weighted by atomic mass is 10.0. The van der Waals surface area contributed by atoms with Crippen LogP contribution in [0.1, 0.15) is 36.9 Å². The van der Waals surface area contributed by atoms with E-state index in [-0.39, 0.29) is 17.4 Å². The van der Waals surface area contributed by atoms with Gasteiger partial charge in [0.05, 0.1) is 16.9 Å². The van der Waals surface area contributed by atoms with Crippen LogP contribution in [-0.4, -0.2) is 16.7 Å². The number of aryl methyl sites for hydroxylation is 2. The molecular weight excluding hydrogens is 401 g/mol. The lowest BCUT2D eigenvalue weighted by Gasteiger charge is -2.11. The van der Waals surface area contributed by atoms with E-state index in [4.69, 9.17) is 5.73 Å². The summed E-state index contributed by atoms with van der Waals surface area (Å²) in [5, 5.41) is 3.46. The smallest absolute Gasteiger partial charge is 0.257 e. The van der Waals surface area contributed by atoms with E-state index in [1.54, 1.807) is 26.0 Å². The van der Waals surface area contributed by atoms with Crippen LogP contribution in [0.5, 0.6) is 0 Å². The average Bonchev–Trinajstić information content (AvgIpc) is 3.05. The molecule has 2 heterocycles. The fourth-order valence-corrected chi connectivity index (χ4v) is 4.59. The number of thiophene rings is 1. The number of rotatable bonds is 4. The number of halogens is 1. The highest BCUT2D eigenvalue weighted by molar-refractivity contribution is 7.21. The molecule has 0 unspecified atom stereocenters. The number of nitrogens with one attached hydrogen (secondary N) is 1. The molecular formula is C23H18FN3O2S. The van der Waals surface area contributed by atoms with Crippen LogP contribution in [0.4, 0.5) is 15.8 Å². The van der Waals surface area contributed by atoms with Crippen molar-refractivity contribution in [3.8, 4) is 0 Å². The van der Waals surface area contributed by atoms with Gasteiger partial charge in [0.15, 0.2) is 0 Å². The Morgan fingerprint density at radius 3 is 2.37 bits per heavy atom. The van der Waals surface area contributed by atoms with Crippen LogP contribution in [0.15, 0.2) is 54.6 Å². The molecule has 7 heteroatoms. The van der Waals surface area contributed by atoms with Gasteiger partial charge in [-0.25, -0.2) is 9.37 Å². The number of hydrogen-bond acceptors (Lipinski definition) is 5. The number of carbonyl (C=O) groups is 2. The first kappa shape index (κ1) is 19.7. The Morgan fingerprint density at radius 1 is 1.03 bits per heavy atom. The molecule has 0 fully saturated rings. The van der Waals surface area contributed by atoms with Gasteiger partial charge >= 0.3 is 0 Å². The van der Waals surface area contributed by atoms with E-state index in [1.807, 2.05) is 18.2 Å². The number of nitrogen functional groups attached to an aromatic ring is 1. The maximum absolute atomic E-state index is 13.2. The molecule has 150 valence electrons. The van der Waals surface area contributed by atoms with Gasteiger partial charge in [-0.1, -0.05) is 18.2 Å². The fraction of sp³-hybridized carbons (Fsp3) is 0.0870. The molecule has 0 saturated carbocycles. The minimum atomic E-state index is -0.418. The lowest BCUT2D eigenvalue weighted by molar-refractivity contribution is 0.102. The van der Waals surface area contributed by atoms with Crippen molar-refractivity contribution in [2.75, 3.05) is 11.1 Å². The van der Waals surface area contributed by atoms with Gasteiger partial charge in [-0.15, -0.1) is 11.3 Å². The third-order valence-corrected chi connectivity index (χ3v) is 5.98. The maximum Gasteiger partial charge on any atom is 0.257 e. The van der Waals surface area contributed by atoms with Gasteiger partial charge in [0.1, 0.15) is 15.5 Å². The Hall–Kier alpha value is -3.58. The molecule has 30 heavy (non-hydrogen) atoms. The SMILES string of the molecule is Cc1nc2sc(C(=O)c3ccc(F)cc3)c(N)c2c(C)c1C(=O)Nc1ccccc1. The molecule has 0 aliphatic carbocycles. The number of fused-ring (bicyclic) bond motifs is 1. The molecule has 2 aromatic carbocycles. The van der Waals surface area contributed by atoms with Crippen LogP contribution in [-0.2, 0) is 0 Å². The average molecular weight is 419 g/mol. The number of amides is 1. The molecule has 0 spiro atoms. The number of ketones is 1. The van der Waals surface area contributed by atoms with Crippen LogP contribution < -0.4 is 11.1 Å². The quantitative estimate of drug-likeness (QED) is 0.450. The Labute approximate surface area is 176 Å². The zero-order valence-electron chi connectivity index (χ0n) is 16.3. The number of benzene rings is 2. The van der Waals surface area contributed by atoms with Gasteiger partial charge < -0.3 is 11.1 Å². The summed E-state index contributed by atoms with van der Waals surface area (Å²) in [5.41, 5.74) is 9.26. The first-order valence-electron chi connectivity index (χ1n) is 9.22. The van der Waals surface area contributed by atoms with Crippen molar-refractivity contribution in [3.05, 3.63) is 87.7 Å². The number of para-hydroxylation sites is 1. The highest BCUT2D eigenvalue weighted by atomic mass is 32.1. The van der Waals surface area contributed by atoms with E-state index in [0.717, 1.165) is 0 Å². The second kappa shape index (κ2) is 7.68. The van der Waals surface area contributed by atoms with Gasteiger partial charge in [-0.3, -0.25) is 9.59 Å². The summed E-state index contributed by atoms with van der Waals surface area (Å²) >= 11 is 1.17. The minimum Gasteiger partial charge on any atom is -0.397 e. The normalized spacial score (nSPS) is 10.9. The Balaban J connectivity index is 1.78. The molecule has 0 aliphatic heterocycles. The predicted molar refractivity (Wildman–Crippen MR) is 118 cm³/mol. The molecule has 0 radical (unpaired) electrons. The van der Waals surface area contributed by atoms with Crippen molar-refractivity contribution in [3.63, 3.8) is 0 Å². The molecule has 0 atom stereocenters. The number of carbonyl (C=O) groups excluding carboxylic acids is 2. The zero-order valence-corrected chi connectivity index (χ0v) is 17.1. The van der Waals surface area contributed by atoms with Crippen molar-refractivity contribution < 1.29 is 14.0 Å². The van der Waals surface area contributed by atoms with Crippen molar-refractivity contribution >= 4 is 44.6 Å². The molecule has 5 nitrogen and oxygen atoms in total. The van der Waals surface area contributed by atoms with Crippen LogP contribution >= 0.6 is 11.3 Å². The number of aromatic nitrogens is 1. The van der Waals surface area contributed by atoms with Gasteiger partial charge in [0.2, 0.25) is 5.78 Å². The second-order valence-electron chi connectivity index (χ2n) is 6.88. The number of hydrogen-bond donors (Lipinski definition) is 2. The maximum atomic E-state index is 13.2. The monoisotopic (exact) mass is 419 g/mol. The van der Waals surface area contributed by atoms with Crippen molar-refractivity contribution in [1.29, 1.82) is 0 Å². The first-order chi connectivity index (χ1) is 14.4. The Bertz CT molecular complexity index is 1280. The fourth-order valence-electron chi connectivity index (χ4n) is 3.43. The summed E-state index contributed by atoms with van der Waals surface area (Å²) in [6, 6.07) is 14.4. The molecule has 0 aliphatic rings. The Morgan fingerprint density at radius 2 is 1.70 bits per heavy atom. The van der Waals surface area contributed by atoms with Crippen molar-refractivity contribution in [2.45, 2.75) is 13.8 Å². The summed E-state index contributed by atoms with van der Waals surface area (Å²) in [6.45, 7) is 3.55. The second-order valence-corrected chi connectivity index (χ2v) is 7.88. The van der Waals surface area contributed by atoms with E-state index < -0.39 is 5.82 Å². The molecule has 4 rings (SSSR count). The van der Waals surface area contributed by atoms with Gasteiger partial charge in [-0.05, 0) is 55.8 Å². The number of nitrogens with two attached hydrogens (primary N) is 1. The van der Waals surface area contributed by atoms with Gasteiger partial charge in [0.25, 0.3) is 5.91 Å². The topological polar surface area (TPSA) is 85.1 Å². The number of anilines is 2. The summed E-state index contributed by atoms with van der Waals surface area (Å²) in [5.74, 6) is -1.01. The van der Waals surface area contributed by atoms with E-state index in [9.17, 15) is 14.0 Å². The van der Waals surface area contributed by atoms with Crippen LogP contribution in [0.2, 0.25) is 0 Å². The van der Waals surface area contributed by atoms with E-state index in [0.29, 0.717) is 43.2 Å². The molecule has 4 aromatic rings. The molecule has 0 bridgehead atoms. The molecule has 3 N–H and O–H groups in total.